The van der Waals surface area contributed by atoms with E-state index in [1.165, 1.54) is 0 Å². The van der Waals surface area contributed by atoms with Crippen molar-refractivity contribution in [2.75, 3.05) is 14.2 Å². The fraction of sp³-hybridized carbons (Fsp3) is 0.154. The van der Waals surface area contributed by atoms with Crippen molar-refractivity contribution < 1.29 is 19.0 Å². The second-order valence-corrected chi connectivity index (χ2v) is 6.77. The lowest BCUT2D eigenvalue weighted by atomic mass is 10.0. The molecule has 0 unspecified atom stereocenters. The Morgan fingerprint density at radius 2 is 1.71 bits per heavy atom. The highest BCUT2D eigenvalue weighted by Gasteiger charge is 2.09. The maximum Gasteiger partial charge on any atom is 0.311 e. The Kier molecular flexibility index (Phi) is 7.45. The predicted octanol–water partition coefficient (Wildman–Crippen LogP) is 5.31. The van der Waals surface area contributed by atoms with Crippen molar-refractivity contribution in [2.24, 2.45) is 0 Å². The van der Waals surface area contributed by atoms with E-state index in [1.807, 2.05) is 54.6 Å². The summed E-state index contributed by atoms with van der Waals surface area (Å²) in [5.41, 5.74) is 3.11. The Morgan fingerprint density at radius 3 is 2.42 bits per heavy atom. The monoisotopic (exact) mass is 413 g/mol. The summed E-state index contributed by atoms with van der Waals surface area (Å²) in [6.45, 7) is 0. The van der Waals surface area contributed by atoms with Gasteiger partial charge in [-0.25, -0.2) is 0 Å². The molecule has 5 heteroatoms. The highest BCUT2D eigenvalue weighted by Crippen LogP contribution is 2.28. The van der Waals surface area contributed by atoms with Crippen molar-refractivity contribution in [1.29, 1.82) is 5.26 Å². The van der Waals surface area contributed by atoms with E-state index < -0.39 is 0 Å². The minimum atomic E-state index is -0.334. The molecule has 0 N–H and O–H groups in total. The number of hydrogen-bond donors (Lipinski definition) is 0. The van der Waals surface area contributed by atoms with Crippen LogP contribution in [0.15, 0.2) is 72.8 Å². The van der Waals surface area contributed by atoms with Gasteiger partial charge in [-0.05, 0) is 53.5 Å². The first-order chi connectivity index (χ1) is 15.1. The minimum absolute atomic E-state index is 0.225. The molecule has 3 rings (SSSR count). The minimum Gasteiger partial charge on any atom is -0.493 e. The molecule has 0 spiro atoms. The predicted molar refractivity (Wildman–Crippen MR) is 120 cm³/mol. The Morgan fingerprint density at radius 1 is 0.935 bits per heavy atom. The molecule has 3 aromatic carbocycles. The van der Waals surface area contributed by atoms with Gasteiger partial charge in [0.05, 0.1) is 25.9 Å². The van der Waals surface area contributed by atoms with Crippen LogP contribution < -0.4 is 14.2 Å². The Hall–Kier alpha value is -4.04. The molecule has 0 fully saturated rings. The average Bonchev–Trinajstić information content (AvgIpc) is 2.81. The van der Waals surface area contributed by atoms with Gasteiger partial charge < -0.3 is 14.2 Å². The van der Waals surface area contributed by atoms with Gasteiger partial charge in [0.25, 0.3) is 0 Å². The second kappa shape index (κ2) is 10.7. The number of ether oxygens (including phenoxy) is 3. The van der Waals surface area contributed by atoms with Gasteiger partial charge in [0, 0.05) is 6.42 Å². The SMILES string of the molecule is COc1ccc(CCC(=O)Oc2cccc(/C=C(/C#N)c3ccccc3)c2)cc1OC. The fourth-order valence-corrected chi connectivity index (χ4v) is 3.10. The summed E-state index contributed by atoms with van der Waals surface area (Å²) >= 11 is 0. The van der Waals surface area contributed by atoms with Gasteiger partial charge in [0.2, 0.25) is 0 Å². The average molecular weight is 413 g/mol. The molecule has 0 amide bonds. The Balaban J connectivity index is 1.65. The molecular formula is C26H23NO4. The first-order valence-electron chi connectivity index (χ1n) is 9.82. The maximum absolute atomic E-state index is 12.3. The third-order valence-corrected chi connectivity index (χ3v) is 4.67. The van der Waals surface area contributed by atoms with E-state index in [0.717, 1.165) is 16.7 Å². The molecular weight excluding hydrogens is 390 g/mol. The van der Waals surface area contributed by atoms with Crippen LogP contribution >= 0.6 is 0 Å². The number of nitrogens with zero attached hydrogens (tertiary/aromatic N) is 1. The first-order valence-corrected chi connectivity index (χ1v) is 9.82. The molecule has 31 heavy (non-hydrogen) atoms. The smallest absolute Gasteiger partial charge is 0.311 e. The summed E-state index contributed by atoms with van der Waals surface area (Å²) in [5.74, 6) is 1.38. The normalized spacial score (nSPS) is 10.8. The van der Waals surface area contributed by atoms with Crippen LogP contribution in [-0.4, -0.2) is 20.2 Å². The lowest BCUT2D eigenvalue weighted by Gasteiger charge is -2.09. The molecule has 0 aliphatic rings. The van der Waals surface area contributed by atoms with Crippen LogP contribution in [0.5, 0.6) is 17.2 Å². The molecule has 5 nitrogen and oxygen atoms in total. The van der Waals surface area contributed by atoms with E-state index >= 15 is 0 Å². The third-order valence-electron chi connectivity index (χ3n) is 4.67. The number of carbonyl (C=O) groups is 1. The van der Waals surface area contributed by atoms with Gasteiger partial charge in [-0.15, -0.1) is 0 Å². The van der Waals surface area contributed by atoms with E-state index in [0.29, 0.717) is 29.2 Å². The number of rotatable bonds is 8. The number of carbonyl (C=O) groups excluding carboxylic acids is 1. The van der Waals surface area contributed by atoms with Crippen LogP contribution in [-0.2, 0) is 11.2 Å². The summed E-state index contributed by atoms with van der Waals surface area (Å²) in [6.07, 6.45) is 2.52. The van der Waals surface area contributed by atoms with Gasteiger partial charge in [0.15, 0.2) is 11.5 Å². The topological polar surface area (TPSA) is 68.5 Å². The number of esters is 1. The molecule has 0 heterocycles. The number of nitriles is 1. The van der Waals surface area contributed by atoms with E-state index in [4.69, 9.17) is 14.2 Å². The van der Waals surface area contributed by atoms with Crippen molar-refractivity contribution in [2.45, 2.75) is 12.8 Å². The van der Waals surface area contributed by atoms with Crippen LogP contribution in [0.3, 0.4) is 0 Å². The van der Waals surface area contributed by atoms with E-state index in [9.17, 15) is 10.1 Å². The highest BCUT2D eigenvalue weighted by molar-refractivity contribution is 5.89. The van der Waals surface area contributed by atoms with Crippen molar-refractivity contribution in [3.8, 4) is 23.3 Å². The molecule has 3 aromatic rings. The number of methoxy groups -OCH3 is 2. The summed E-state index contributed by atoms with van der Waals surface area (Å²) in [5, 5.41) is 9.48. The lowest BCUT2D eigenvalue weighted by molar-refractivity contribution is -0.134. The number of benzene rings is 3. The van der Waals surface area contributed by atoms with Crippen molar-refractivity contribution in [3.63, 3.8) is 0 Å². The number of aryl methyl sites for hydroxylation is 1. The van der Waals surface area contributed by atoms with Crippen LogP contribution in [0, 0.1) is 11.3 Å². The van der Waals surface area contributed by atoms with Gasteiger partial charge in [-0.2, -0.15) is 5.26 Å². The highest BCUT2D eigenvalue weighted by atomic mass is 16.5. The lowest BCUT2D eigenvalue weighted by Crippen LogP contribution is -2.09. The summed E-state index contributed by atoms with van der Waals surface area (Å²) in [4.78, 5) is 12.3. The standard InChI is InChI=1S/C26H23NO4/c1-29-24-13-11-19(17-25(24)30-2)12-14-26(28)31-23-10-6-7-20(16-23)15-22(18-27)21-8-4-3-5-9-21/h3-11,13,15-17H,12,14H2,1-2H3/b22-15-. The van der Waals surface area contributed by atoms with Gasteiger partial charge in [-0.3, -0.25) is 4.79 Å². The van der Waals surface area contributed by atoms with Crippen molar-refractivity contribution in [1.82, 2.24) is 0 Å². The molecule has 0 saturated carbocycles. The van der Waals surface area contributed by atoms with E-state index in [2.05, 4.69) is 6.07 Å². The third kappa shape index (κ3) is 5.97. The zero-order valence-electron chi connectivity index (χ0n) is 17.5. The van der Waals surface area contributed by atoms with E-state index in [-0.39, 0.29) is 12.4 Å². The Labute approximate surface area is 182 Å². The van der Waals surface area contributed by atoms with Gasteiger partial charge in [-0.1, -0.05) is 48.5 Å². The van der Waals surface area contributed by atoms with Crippen LogP contribution in [0.4, 0.5) is 0 Å². The molecule has 0 saturated heterocycles. The summed E-state index contributed by atoms with van der Waals surface area (Å²) < 4.78 is 16.0. The molecule has 0 aliphatic heterocycles. The summed E-state index contributed by atoms with van der Waals surface area (Å²) in [7, 11) is 3.16. The number of hydrogen-bond acceptors (Lipinski definition) is 5. The maximum atomic E-state index is 12.3. The van der Waals surface area contributed by atoms with Crippen molar-refractivity contribution in [3.05, 3.63) is 89.5 Å². The van der Waals surface area contributed by atoms with Crippen LogP contribution in [0.25, 0.3) is 11.6 Å². The summed E-state index contributed by atoms with van der Waals surface area (Å²) in [6, 6.07) is 24.3. The van der Waals surface area contributed by atoms with Gasteiger partial charge >= 0.3 is 5.97 Å². The van der Waals surface area contributed by atoms with Gasteiger partial charge in [0.1, 0.15) is 5.75 Å². The van der Waals surface area contributed by atoms with Crippen molar-refractivity contribution >= 4 is 17.6 Å². The molecule has 0 radical (unpaired) electrons. The second-order valence-electron chi connectivity index (χ2n) is 6.77. The molecule has 0 bridgehead atoms. The number of allylic oxidation sites excluding steroid dienone is 1. The zero-order valence-corrected chi connectivity index (χ0v) is 17.5. The fourth-order valence-electron chi connectivity index (χ4n) is 3.10. The molecule has 0 atom stereocenters. The van der Waals surface area contributed by atoms with Crippen LogP contribution in [0.1, 0.15) is 23.1 Å². The first kappa shape index (κ1) is 21.7. The molecule has 0 aromatic heterocycles. The quantitative estimate of drug-likeness (QED) is 0.217. The van der Waals surface area contributed by atoms with Crippen LogP contribution in [0.2, 0.25) is 0 Å². The molecule has 156 valence electrons. The Bertz CT molecular complexity index is 1110. The largest absolute Gasteiger partial charge is 0.493 e. The zero-order chi connectivity index (χ0) is 22.1. The van der Waals surface area contributed by atoms with E-state index in [1.54, 1.807) is 38.5 Å². The molecule has 0 aliphatic carbocycles.